The number of nitrogens with zero attached hydrogens (tertiary/aromatic N) is 3. The van der Waals surface area contributed by atoms with Gasteiger partial charge in [-0.2, -0.15) is 0 Å². The van der Waals surface area contributed by atoms with Crippen molar-refractivity contribution in [1.29, 1.82) is 0 Å². The number of hydrogen-bond donors (Lipinski definition) is 2. The van der Waals surface area contributed by atoms with Gasteiger partial charge in [0.1, 0.15) is 5.15 Å². The van der Waals surface area contributed by atoms with Crippen LogP contribution in [0.4, 0.5) is 0 Å². The maximum absolute atomic E-state index is 6.10. The predicted octanol–water partition coefficient (Wildman–Crippen LogP) is 3.74. The fourth-order valence-corrected chi connectivity index (χ4v) is 3.40. The molecule has 0 aromatic carbocycles. The summed E-state index contributed by atoms with van der Waals surface area (Å²) in [7, 11) is 4.10. The molecule has 2 rings (SSSR count). The molecule has 1 aliphatic heterocycles. The average molecular weight is 502 g/mol. The molecule has 0 saturated carbocycles. The molecule has 0 atom stereocenters. The van der Waals surface area contributed by atoms with Gasteiger partial charge in [-0.1, -0.05) is 23.2 Å². The highest BCUT2D eigenvalue weighted by Gasteiger charge is 2.16. The van der Waals surface area contributed by atoms with Gasteiger partial charge in [0.05, 0.1) is 11.6 Å². The predicted molar refractivity (Wildman–Crippen MR) is 119 cm³/mol. The molecule has 0 unspecified atom stereocenters. The first-order valence-electron chi connectivity index (χ1n) is 8.71. The zero-order chi connectivity index (χ0) is 17.5. The van der Waals surface area contributed by atoms with E-state index in [9.17, 15) is 0 Å². The quantitative estimate of drug-likeness (QED) is 0.354. The van der Waals surface area contributed by atoms with Crippen LogP contribution in [0.1, 0.15) is 31.9 Å². The number of aliphatic imine (C=N–C) groups is 1. The fraction of sp³-hybridized carbons (Fsp3) is 0.706. The summed E-state index contributed by atoms with van der Waals surface area (Å²) in [6.45, 7) is 6.85. The summed E-state index contributed by atoms with van der Waals surface area (Å²) in [6, 6.07) is 1.87. The molecular weight excluding hydrogens is 472 g/mol. The van der Waals surface area contributed by atoms with Crippen LogP contribution in [0.2, 0.25) is 10.2 Å². The molecule has 0 amide bonds. The van der Waals surface area contributed by atoms with E-state index in [4.69, 9.17) is 23.2 Å². The first kappa shape index (κ1) is 22.9. The van der Waals surface area contributed by atoms with E-state index in [-0.39, 0.29) is 24.0 Å². The third-order valence-electron chi connectivity index (χ3n) is 4.64. The van der Waals surface area contributed by atoms with E-state index in [1.165, 1.54) is 32.4 Å². The third-order valence-corrected chi connectivity index (χ3v) is 5.48. The Labute approximate surface area is 178 Å². The molecule has 1 aliphatic rings. The molecule has 1 fully saturated rings. The van der Waals surface area contributed by atoms with Gasteiger partial charge in [-0.3, -0.25) is 0 Å². The number of piperidine rings is 1. The lowest BCUT2D eigenvalue weighted by Crippen LogP contribution is -2.39. The van der Waals surface area contributed by atoms with Crippen LogP contribution in [-0.4, -0.2) is 48.7 Å². The number of halogens is 3. The van der Waals surface area contributed by atoms with Crippen LogP contribution >= 0.6 is 47.2 Å². The maximum Gasteiger partial charge on any atom is 0.191 e. The van der Waals surface area contributed by atoms with Crippen LogP contribution in [-0.2, 0) is 13.6 Å². The van der Waals surface area contributed by atoms with Gasteiger partial charge < -0.3 is 20.1 Å². The molecule has 1 aromatic heterocycles. The van der Waals surface area contributed by atoms with E-state index in [0.717, 1.165) is 30.7 Å². The van der Waals surface area contributed by atoms with E-state index >= 15 is 0 Å². The number of aromatic nitrogens is 1. The van der Waals surface area contributed by atoms with E-state index in [2.05, 4.69) is 34.5 Å². The van der Waals surface area contributed by atoms with Crippen molar-refractivity contribution >= 4 is 53.1 Å². The highest BCUT2D eigenvalue weighted by atomic mass is 127. The number of likely N-dealkylation sites (tertiary alicyclic amines) is 1. The van der Waals surface area contributed by atoms with Crippen LogP contribution in [0.25, 0.3) is 0 Å². The SMILES string of the molecule is CCNC(=NCc1cc(Cl)c(Cl)n1C)NCCC1CCN(C)CC1.I. The minimum absolute atomic E-state index is 0. The van der Waals surface area contributed by atoms with Gasteiger partial charge >= 0.3 is 0 Å². The van der Waals surface area contributed by atoms with Crippen molar-refractivity contribution in [3.63, 3.8) is 0 Å². The Hall–Kier alpha value is -0.180. The fourth-order valence-electron chi connectivity index (χ4n) is 2.99. The summed E-state index contributed by atoms with van der Waals surface area (Å²) >= 11 is 12.2. The van der Waals surface area contributed by atoms with Crippen LogP contribution in [0.3, 0.4) is 0 Å². The van der Waals surface area contributed by atoms with Crippen LogP contribution in [0, 0.1) is 5.92 Å². The molecule has 144 valence electrons. The maximum atomic E-state index is 6.10. The topological polar surface area (TPSA) is 44.6 Å². The van der Waals surface area contributed by atoms with E-state index < -0.39 is 0 Å². The molecule has 0 aliphatic carbocycles. The first-order chi connectivity index (χ1) is 11.5. The van der Waals surface area contributed by atoms with Gasteiger partial charge in [-0.25, -0.2) is 4.99 Å². The molecule has 1 aromatic rings. The standard InChI is InChI=1S/C17H29Cl2N5.HI/c1-4-20-17(21-8-5-13-6-9-23(2)10-7-13)22-12-14-11-15(18)16(19)24(14)3;/h11,13H,4-10,12H2,1-3H3,(H2,20,21,22);1H. The third kappa shape index (κ3) is 7.15. The summed E-state index contributed by atoms with van der Waals surface area (Å²) in [6.07, 6.45) is 3.79. The van der Waals surface area contributed by atoms with Crippen molar-refractivity contribution in [3.8, 4) is 0 Å². The Kier molecular flexibility index (Phi) is 10.5. The summed E-state index contributed by atoms with van der Waals surface area (Å²) < 4.78 is 1.87. The second-order valence-corrected chi connectivity index (χ2v) is 7.26. The van der Waals surface area contributed by atoms with Gasteiger partial charge in [-0.05, 0) is 58.3 Å². The Morgan fingerprint density at radius 3 is 2.48 bits per heavy atom. The molecule has 8 heteroatoms. The number of guanidine groups is 1. The van der Waals surface area contributed by atoms with Gasteiger partial charge in [0.25, 0.3) is 0 Å². The lowest BCUT2D eigenvalue weighted by atomic mass is 9.94. The highest BCUT2D eigenvalue weighted by Crippen LogP contribution is 2.25. The highest BCUT2D eigenvalue weighted by molar-refractivity contribution is 14.0. The lowest BCUT2D eigenvalue weighted by Gasteiger charge is -2.29. The molecule has 1 saturated heterocycles. The van der Waals surface area contributed by atoms with Crippen LogP contribution < -0.4 is 10.6 Å². The minimum Gasteiger partial charge on any atom is -0.357 e. The Bertz CT molecular complexity index is 553. The van der Waals surface area contributed by atoms with Crippen molar-refractivity contribution in [3.05, 3.63) is 21.9 Å². The monoisotopic (exact) mass is 501 g/mol. The van der Waals surface area contributed by atoms with Crippen molar-refractivity contribution in [2.45, 2.75) is 32.7 Å². The Morgan fingerprint density at radius 1 is 1.24 bits per heavy atom. The van der Waals surface area contributed by atoms with Crippen molar-refractivity contribution in [2.75, 3.05) is 33.2 Å². The molecule has 5 nitrogen and oxygen atoms in total. The zero-order valence-corrected chi connectivity index (χ0v) is 19.2. The Balaban J connectivity index is 0.00000312. The van der Waals surface area contributed by atoms with E-state index in [1.807, 2.05) is 17.7 Å². The van der Waals surface area contributed by atoms with Gasteiger partial charge in [0, 0.05) is 25.8 Å². The van der Waals surface area contributed by atoms with Gasteiger partial charge in [-0.15, -0.1) is 24.0 Å². The molecule has 2 N–H and O–H groups in total. The van der Waals surface area contributed by atoms with Crippen LogP contribution in [0.15, 0.2) is 11.1 Å². The molecule has 2 heterocycles. The number of nitrogens with one attached hydrogen (secondary N) is 2. The minimum atomic E-state index is 0. The molecule has 0 bridgehead atoms. The van der Waals surface area contributed by atoms with Crippen molar-refractivity contribution in [1.82, 2.24) is 20.1 Å². The zero-order valence-electron chi connectivity index (χ0n) is 15.3. The molecule has 0 spiro atoms. The van der Waals surface area contributed by atoms with E-state index in [1.54, 1.807) is 0 Å². The van der Waals surface area contributed by atoms with Gasteiger partial charge in [0.2, 0.25) is 0 Å². The number of hydrogen-bond acceptors (Lipinski definition) is 2. The molecule has 25 heavy (non-hydrogen) atoms. The average Bonchev–Trinajstić information content (AvgIpc) is 2.81. The van der Waals surface area contributed by atoms with Crippen molar-refractivity contribution < 1.29 is 0 Å². The smallest absolute Gasteiger partial charge is 0.191 e. The first-order valence-corrected chi connectivity index (χ1v) is 9.47. The Morgan fingerprint density at radius 2 is 1.92 bits per heavy atom. The second-order valence-electron chi connectivity index (χ2n) is 6.49. The summed E-state index contributed by atoms with van der Waals surface area (Å²) in [4.78, 5) is 7.05. The van der Waals surface area contributed by atoms with E-state index in [0.29, 0.717) is 16.7 Å². The van der Waals surface area contributed by atoms with Gasteiger partial charge in [0.15, 0.2) is 5.96 Å². The summed E-state index contributed by atoms with van der Waals surface area (Å²) in [5.41, 5.74) is 0.998. The van der Waals surface area contributed by atoms with Crippen LogP contribution in [0.5, 0.6) is 0 Å². The summed E-state index contributed by atoms with van der Waals surface area (Å²) in [5, 5.41) is 7.87. The molecule has 0 radical (unpaired) electrons. The lowest BCUT2D eigenvalue weighted by molar-refractivity contribution is 0.213. The largest absolute Gasteiger partial charge is 0.357 e. The van der Waals surface area contributed by atoms with Crippen molar-refractivity contribution in [2.24, 2.45) is 18.0 Å². The number of rotatable bonds is 6. The normalized spacial score (nSPS) is 16.6. The summed E-state index contributed by atoms with van der Waals surface area (Å²) in [5.74, 6) is 1.67. The second kappa shape index (κ2) is 11.5. The molecular formula is C17H30Cl2IN5.